The van der Waals surface area contributed by atoms with Crippen LogP contribution >= 0.6 is 0 Å². The van der Waals surface area contributed by atoms with Gasteiger partial charge < -0.3 is 9.64 Å². The van der Waals surface area contributed by atoms with Crippen LogP contribution in [-0.2, 0) is 4.74 Å². The van der Waals surface area contributed by atoms with Crippen molar-refractivity contribution >= 4 is 5.91 Å². The quantitative estimate of drug-likeness (QED) is 0.804. The second kappa shape index (κ2) is 5.48. The Bertz CT molecular complexity index is 443. The number of amides is 1. The van der Waals surface area contributed by atoms with Crippen LogP contribution in [0.4, 0.5) is 4.39 Å². The Labute approximate surface area is 107 Å². The van der Waals surface area contributed by atoms with E-state index in [1.807, 2.05) is 4.90 Å². The molecule has 0 unspecified atom stereocenters. The molecule has 0 heterocycles. The van der Waals surface area contributed by atoms with Crippen LogP contribution in [0.5, 0.6) is 0 Å². The minimum absolute atomic E-state index is 0.0212. The van der Waals surface area contributed by atoms with Crippen molar-refractivity contribution in [3.05, 3.63) is 35.1 Å². The van der Waals surface area contributed by atoms with Gasteiger partial charge in [0.2, 0.25) is 0 Å². The molecule has 0 spiro atoms. The molecule has 1 aromatic carbocycles. The zero-order chi connectivity index (χ0) is 13.1. The first-order chi connectivity index (χ1) is 8.63. The number of halogens is 1. The monoisotopic (exact) mass is 251 g/mol. The molecule has 3 nitrogen and oxygen atoms in total. The molecule has 0 aromatic heterocycles. The van der Waals surface area contributed by atoms with Crippen molar-refractivity contribution in [3.63, 3.8) is 0 Å². The molecule has 0 N–H and O–H groups in total. The van der Waals surface area contributed by atoms with Gasteiger partial charge in [-0.3, -0.25) is 4.79 Å². The highest BCUT2D eigenvalue weighted by Gasteiger charge is 2.33. The molecule has 0 aliphatic heterocycles. The molecule has 0 bridgehead atoms. The van der Waals surface area contributed by atoms with E-state index in [9.17, 15) is 9.18 Å². The number of hydrogen-bond donors (Lipinski definition) is 0. The summed E-state index contributed by atoms with van der Waals surface area (Å²) in [5.41, 5.74) is 1.27. The predicted molar refractivity (Wildman–Crippen MR) is 67.1 cm³/mol. The smallest absolute Gasteiger partial charge is 0.254 e. The van der Waals surface area contributed by atoms with Gasteiger partial charge in [0.15, 0.2) is 0 Å². The molecule has 0 radical (unpaired) electrons. The first-order valence-corrected chi connectivity index (χ1v) is 6.19. The number of carbonyl (C=O) groups excluding carboxylic acids is 1. The lowest BCUT2D eigenvalue weighted by atomic mass is 10.1. The highest BCUT2D eigenvalue weighted by Crippen LogP contribution is 2.28. The average Bonchev–Trinajstić information content (AvgIpc) is 3.13. The van der Waals surface area contributed by atoms with Crippen molar-refractivity contribution in [2.24, 2.45) is 0 Å². The molecular formula is C14H18FNO2. The van der Waals surface area contributed by atoms with Crippen LogP contribution in [-0.4, -0.2) is 37.1 Å². The van der Waals surface area contributed by atoms with E-state index in [0.29, 0.717) is 30.3 Å². The summed E-state index contributed by atoms with van der Waals surface area (Å²) >= 11 is 0. The second-order valence-corrected chi connectivity index (χ2v) is 4.68. The number of hydrogen-bond acceptors (Lipinski definition) is 2. The number of methoxy groups -OCH3 is 1. The topological polar surface area (TPSA) is 29.5 Å². The van der Waals surface area contributed by atoms with Crippen molar-refractivity contribution in [2.75, 3.05) is 20.3 Å². The summed E-state index contributed by atoms with van der Waals surface area (Å²) in [6, 6.07) is 4.63. The summed E-state index contributed by atoms with van der Waals surface area (Å²) < 4.78 is 18.1. The zero-order valence-electron chi connectivity index (χ0n) is 10.8. The summed E-state index contributed by atoms with van der Waals surface area (Å²) in [7, 11) is 1.62. The minimum Gasteiger partial charge on any atom is -0.383 e. The summed E-state index contributed by atoms with van der Waals surface area (Å²) in [5, 5.41) is 0. The SMILES string of the molecule is COCCN(C(=O)c1ccc(F)cc1C)C1CC1. The second-order valence-electron chi connectivity index (χ2n) is 4.68. The fourth-order valence-corrected chi connectivity index (χ4v) is 2.05. The maximum Gasteiger partial charge on any atom is 0.254 e. The van der Waals surface area contributed by atoms with Crippen LogP contribution in [0.2, 0.25) is 0 Å². The van der Waals surface area contributed by atoms with E-state index in [-0.39, 0.29) is 11.7 Å². The third kappa shape index (κ3) is 2.88. The Hall–Kier alpha value is -1.42. The van der Waals surface area contributed by atoms with E-state index in [1.54, 1.807) is 20.1 Å². The third-order valence-corrected chi connectivity index (χ3v) is 3.20. The number of rotatable bonds is 5. The van der Waals surface area contributed by atoms with Crippen LogP contribution in [0.1, 0.15) is 28.8 Å². The first-order valence-electron chi connectivity index (χ1n) is 6.19. The van der Waals surface area contributed by atoms with E-state index in [2.05, 4.69) is 0 Å². The first kappa shape index (κ1) is 13.0. The van der Waals surface area contributed by atoms with Gasteiger partial charge in [0.1, 0.15) is 5.82 Å². The van der Waals surface area contributed by atoms with Gasteiger partial charge in [-0.15, -0.1) is 0 Å². The van der Waals surface area contributed by atoms with E-state index < -0.39 is 0 Å². The van der Waals surface area contributed by atoms with Crippen LogP contribution in [0.15, 0.2) is 18.2 Å². The fraction of sp³-hybridized carbons (Fsp3) is 0.500. The maximum atomic E-state index is 13.0. The lowest BCUT2D eigenvalue weighted by molar-refractivity contribution is 0.0679. The van der Waals surface area contributed by atoms with Crippen LogP contribution in [0, 0.1) is 12.7 Å². The summed E-state index contributed by atoms with van der Waals surface area (Å²) in [5.74, 6) is -0.328. The zero-order valence-corrected chi connectivity index (χ0v) is 10.8. The van der Waals surface area contributed by atoms with E-state index in [1.165, 1.54) is 12.1 Å². The van der Waals surface area contributed by atoms with Crippen molar-refractivity contribution in [1.82, 2.24) is 4.90 Å². The molecule has 4 heteroatoms. The third-order valence-electron chi connectivity index (χ3n) is 3.20. The number of nitrogens with zero attached hydrogens (tertiary/aromatic N) is 1. The molecule has 1 aromatic rings. The average molecular weight is 251 g/mol. The molecule has 0 atom stereocenters. The van der Waals surface area contributed by atoms with Gasteiger partial charge in [-0.25, -0.2) is 4.39 Å². The molecule has 1 saturated carbocycles. The fourth-order valence-electron chi connectivity index (χ4n) is 2.05. The molecule has 1 amide bonds. The van der Waals surface area contributed by atoms with Gasteiger partial charge in [0.25, 0.3) is 5.91 Å². The van der Waals surface area contributed by atoms with Gasteiger partial charge in [-0.2, -0.15) is 0 Å². The van der Waals surface area contributed by atoms with Crippen molar-refractivity contribution in [3.8, 4) is 0 Å². The normalized spacial score (nSPS) is 14.6. The summed E-state index contributed by atoms with van der Waals surface area (Å²) in [6.07, 6.45) is 2.10. The molecule has 18 heavy (non-hydrogen) atoms. The highest BCUT2D eigenvalue weighted by molar-refractivity contribution is 5.96. The molecule has 0 saturated heterocycles. The van der Waals surface area contributed by atoms with Crippen LogP contribution in [0.3, 0.4) is 0 Å². The number of carbonyl (C=O) groups is 1. The van der Waals surface area contributed by atoms with Crippen molar-refractivity contribution in [1.29, 1.82) is 0 Å². The molecule has 1 fully saturated rings. The Balaban J connectivity index is 2.16. The number of benzene rings is 1. The predicted octanol–water partition coefficient (Wildman–Crippen LogP) is 2.39. The van der Waals surface area contributed by atoms with Gasteiger partial charge in [0, 0.05) is 25.3 Å². The molecule has 1 aliphatic rings. The Kier molecular flexibility index (Phi) is 3.97. The number of ether oxygens (including phenoxy) is 1. The van der Waals surface area contributed by atoms with Gasteiger partial charge in [-0.1, -0.05) is 0 Å². The lowest BCUT2D eigenvalue weighted by Gasteiger charge is -2.23. The molecule has 1 aliphatic carbocycles. The highest BCUT2D eigenvalue weighted by atomic mass is 19.1. The molecule has 98 valence electrons. The van der Waals surface area contributed by atoms with E-state index in [4.69, 9.17) is 4.74 Å². The Morgan fingerprint density at radius 3 is 2.78 bits per heavy atom. The summed E-state index contributed by atoms with van der Waals surface area (Å²) in [4.78, 5) is 14.2. The largest absolute Gasteiger partial charge is 0.383 e. The van der Waals surface area contributed by atoms with Crippen LogP contribution < -0.4 is 0 Å². The Morgan fingerprint density at radius 1 is 1.50 bits per heavy atom. The minimum atomic E-state index is -0.307. The van der Waals surface area contributed by atoms with Gasteiger partial charge >= 0.3 is 0 Å². The van der Waals surface area contributed by atoms with Crippen molar-refractivity contribution in [2.45, 2.75) is 25.8 Å². The lowest BCUT2D eigenvalue weighted by Crippen LogP contribution is -2.36. The van der Waals surface area contributed by atoms with Gasteiger partial charge in [0.05, 0.1) is 6.61 Å². The molecule has 2 rings (SSSR count). The van der Waals surface area contributed by atoms with Crippen molar-refractivity contribution < 1.29 is 13.9 Å². The maximum absolute atomic E-state index is 13.0. The standard InChI is InChI=1S/C14H18FNO2/c1-10-9-11(15)3-6-13(10)14(17)16(7-8-18-2)12-4-5-12/h3,6,9,12H,4-5,7-8H2,1-2H3. The van der Waals surface area contributed by atoms with Gasteiger partial charge in [-0.05, 0) is 43.5 Å². The van der Waals surface area contributed by atoms with Crippen LogP contribution in [0.25, 0.3) is 0 Å². The van der Waals surface area contributed by atoms with E-state index in [0.717, 1.165) is 12.8 Å². The number of aryl methyl sites for hydroxylation is 1. The molecular weight excluding hydrogens is 233 g/mol. The summed E-state index contributed by atoms with van der Waals surface area (Å²) in [6.45, 7) is 2.89. The van der Waals surface area contributed by atoms with E-state index >= 15 is 0 Å². The Morgan fingerprint density at radius 2 is 2.22 bits per heavy atom.